The van der Waals surface area contributed by atoms with E-state index in [-0.39, 0.29) is 5.56 Å². The van der Waals surface area contributed by atoms with Crippen LogP contribution in [-0.2, 0) is 0 Å². The van der Waals surface area contributed by atoms with E-state index in [1.807, 2.05) is 91.9 Å². The predicted molar refractivity (Wildman–Crippen MR) is 128 cm³/mol. The van der Waals surface area contributed by atoms with E-state index in [0.29, 0.717) is 16.7 Å². The van der Waals surface area contributed by atoms with Crippen LogP contribution in [0.2, 0.25) is 0 Å². The molecule has 4 rings (SSSR count). The molecule has 0 aliphatic carbocycles. The van der Waals surface area contributed by atoms with Crippen LogP contribution in [0.15, 0.2) is 77.6 Å². The lowest BCUT2D eigenvalue weighted by Gasteiger charge is -2.12. The first-order valence-corrected chi connectivity index (χ1v) is 10.7. The van der Waals surface area contributed by atoms with Crippen LogP contribution in [0.1, 0.15) is 36.7 Å². The Labute approximate surface area is 182 Å². The molecule has 0 aliphatic heterocycles. The Hall–Kier alpha value is -3.66. The maximum Gasteiger partial charge on any atom is 0.266 e. The molecular formula is C27H26N2O2. The first kappa shape index (κ1) is 20.6. The Balaban J connectivity index is 1.71. The van der Waals surface area contributed by atoms with Crippen LogP contribution < -0.4 is 10.3 Å². The number of unbranched alkanes of at least 4 members (excludes halogenated alkanes) is 1. The van der Waals surface area contributed by atoms with Gasteiger partial charge in [-0.05, 0) is 61.4 Å². The molecule has 0 radical (unpaired) electrons. The second kappa shape index (κ2) is 9.43. The van der Waals surface area contributed by atoms with E-state index in [0.717, 1.165) is 42.0 Å². The van der Waals surface area contributed by atoms with Gasteiger partial charge in [0.2, 0.25) is 0 Å². The molecule has 31 heavy (non-hydrogen) atoms. The molecule has 4 aromatic rings. The molecule has 4 nitrogen and oxygen atoms in total. The Morgan fingerprint density at radius 2 is 1.68 bits per heavy atom. The topological polar surface area (TPSA) is 44.1 Å². The lowest BCUT2D eigenvalue weighted by atomic mass is 10.2. The van der Waals surface area contributed by atoms with Crippen LogP contribution in [0.25, 0.3) is 28.7 Å². The van der Waals surface area contributed by atoms with E-state index >= 15 is 0 Å². The van der Waals surface area contributed by atoms with Gasteiger partial charge in [0.05, 0.1) is 23.2 Å². The third-order valence-electron chi connectivity index (χ3n) is 5.17. The normalized spacial score (nSPS) is 11.3. The maximum absolute atomic E-state index is 13.3. The quantitative estimate of drug-likeness (QED) is 0.349. The standard InChI is InChI=1S/C27H26N2O2/c1-3-4-19-31-23-16-11-21(12-17-23)13-18-26-28-25-8-6-5-7-24(25)27(30)29(26)22-14-9-20(2)10-15-22/h5-18H,3-4,19H2,1-2H3/b18-13+. The van der Waals surface area contributed by atoms with Crippen molar-refractivity contribution in [3.63, 3.8) is 0 Å². The van der Waals surface area contributed by atoms with Crippen LogP contribution in [0, 0.1) is 6.92 Å². The van der Waals surface area contributed by atoms with E-state index in [1.165, 1.54) is 0 Å². The second-order valence-electron chi connectivity index (χ2n) is 7.57. The van der Waals surface area contributed by atoms with Gasteiger partial charge < -0.3 is 4.74 Å². The van der Waals surface area contributed by atoms with E-state index in [4.69, 9.17) is 9.72 Å². The zero-order chi connectivity index (χ0) is 21.6. The molecule has 3 aromatic carbocycles. The Bertz CT molecular complexity index is 1250. The molecule has 1 heterocycles. The number of aromatic nitrogens is 2. The zero-order valence-corrected chi connectivity index (χ0v) is 17.9. The van der Waals surface area contributed by atoms with Gasteiger partial charge in [-0.2, -0.15) is 0 Å². The molecule has 0 saturated heterocycles. The predicted octanol–water partition coefficient (Wildman–Crippen LogP) is 6.04. The SMILES string of the molecule is CCCCOc1ccc(/C=C/c2nc3ccccc3c(=O)n2-c2ccc(C)cc2)cc1. The summed E-state index contributed by atoms with van der Waals surface area (Å²) in [4.78, 5) is 18.1. The lowest BCUT2D eigenvalue weighted by Crippen LogP contribution is -2.22. The highest BCUT2D eigenvalue weighted by atomic mass is 16.5. The van der Waals surface area contributed by atoms with Gasteiger partial charge in [-0.3, -0.25) is 9.36 Å². The van der Waals surface area contributed by atoms with Crippen LogP contribution in [0.5, 0.6) is 5.75 Å². The van der Waals surface area contributed by atoms with Gasteiger partial charge in [-0.1, -0.05) is 61.4 Å². The number of para-hydroxylation sites is 1. The van der Waals surface area contributed by atoms with Gasteiger partial charge in [0.15, 0.2) is 0 Å². The Kier molecular flexibility index (Phi) is 6.27. The minimum absolute atomic E-state index is 0.0752. The van der Waals surface area contributed by atoms with E-state index < -0.39 is 0 Å². The average molecular weight is 411 g/mol. The van der Waals surface area contributed by atoms with Crippen LogP contribution >= 0.6 is 0 Å². The molecular weight excluding hydrogens is 384 g/mol. The Morgan fingerprint density at radius 1 is 0.935 bits per heavy atom. The molecule has 0 spiro atoms. The summed E-state index contributed by atoms with van der Waals surface area (Å²) in [6.07, 6.45) is 6.02. The van der Waals surface area contributed by atoms with Crippen molar-refractivity contribution >= 4 is 23.1 Å². The highest BCUT2D eigenvalue weighted by Crippen LogP contribution is 2.18. The largest absolute Gasteiger partial charge is 0.494 e. The monoisotopic (exact) mass is 410 g/mol. The summed E-state index contributed by atoms with van der Waals surface area (Å²) in [5, 5.41) is 0.605. The van der Waals surface area contributed by atoms with Crippen LogP contribution in [0.3, 0.4) is 0 Å². The number of ether oxygens (including phenoxy) is 1. The summed E-state index contributed by atoms with van der Waals surface area (Å²) >= 11 is 0. The number of aryl methyl sites for hydroxylation is 1. The third-order valence-corrected chi connectivity index (χ3v) is 5.17. The summed E-state index contributed by atoms with van der Waals surface area (Å²) in [7, 11) is 0. The number of nitrogens with zero attached hydrogens (tertiary/aromatic N) is 2. The number of hydrogen-bond acceptors (Lipinski definition) is 3. The smallest absolute Gasteiger partial charge is 0.266 e. The van der Waals surface area contributed by atoms with Crippen LogP contribution in [-0.4, -0.2) is 16.2 Å². The fourth-order valence-corrected chi connectivity index (χ4v) is 3.39. The van der Waals surface area contributed by atoms with Crippen molar-refractivity contribution in [2.75, 3.05) is 6.61 Å². The first-order chi connectivity index (χ1) is 15.2. The van der Waals surface area contributed by atoms with Crippen molar-refractivity contribution < 1.29 is 4.74 Å². The van der Waals surface area contributed by atoms with Crippen molar-refractivity contribution in [2.24, 2.45) is 0 Å². The molecule has 0 amide bonds. The van der Waals surface area contributed by atoms with Gasteiger partial charge in [-0.25, -0.2) is 4.98 Å². The Morgan fingerprint density at radius 3 is 2.42 bits per heavy atom. The number of fused-ring (bicyclic) bond motifs is 1. The molecule has 0 fully saturated rings. The summed E-state index contributed by atoms with van der Waals surface area (Å²) in [5.41, 5.74) is 3.57. The molecule has 0 atom stereocenters. The molecule has 0 bridgehead atoms. The van der Waals surface area contributed by atoms with Crippen molar-refractivity contribution in [3.8, 4) is 11.4 Å². The van der Waals surface area contributed by atoms with E-state index in [2.05, 4.69) is 6.92 Å². The van der Waals surface area contributed by atoms with Gasteiger partial charge in [-0.15, -0.1) is 0 Å². The molecule has 0 saturated carbocycles. The lowest BCUT2D eigenvalue weighted by molar-refractivity contribution is 0.309. The summed E-state index contributed by atoms with van der Waals surface area (Å²) in [6, 6.07) is 23.3. The van der Waals surface area contributed by atoms with Gasteiger partial charge in [0.1, 0.15) is 11.6 Å². The summed E-state index contributed by atoms with van der Waals surface area (Å²) in [6.45, 7) is 4.91. The van der Waals surface area contributed by atoms with E-state index in [1.54, 1.807) is 4.57 Å². The fourth-order valence-electron chi connectivity index (χ4n) is 3.39. The van der Waals surface area contributed by atoms with E-state index in [9.17, 15) is 4.79 Å². The number of rotatable bonds is 7. The minimum Gasteiger partial charge on any atom is -0.494 e. The van der Waals surface area contributed by atoms with Crippen LogP contribution in [0.4, 0.5) is 0 Å². The molecule has 0 aliphatic rings. The zero-order valence-electron chi connectivity index (χ0n) is 17.9. The van der Waals surface area contributed by atoms with Gasteiger partial charge in [0.25, 0.3) is 5.56 Å². The summed E-state index contributed by atoms with van der Waals surface area (Å²) in [5.74, 6) is 1.46. The highest BCUT2D eigenvalue weighted by Gasteiger charge is 2.10. The third kappa shape index (κ3) is 4.75. The molecule has 1 aromatic heterocycles. The maximum atomic E-state index is 13.3. The molecule has 156 valence electrons. The molecule has 4 heteroatoms. The molecule has 0 unspecified atom stereocenters. The average Bonchev–Trinajstić information content (AvgIpc) is 2.80. The fraction of sp³-hybridized carbons (Fsp3) is 0.185. The van der Waals surface area contributed by atoms with Crippen molar-refractivity contribution in [1.82, 2.24) is 9.55 Å². The second-order valence-corrected chi connectivity index (χ2v) is 7.57. The minimum atomic E-state index is -0.0752. The number of benzene rings is 3. The number of hydrogen-bond donors (Lipinski definition) is 0. The summed E-state index contributed by atoms with van der Waals surface area (Å²) < 4.78 is 7.40. The van der Waals surface area contributed by atoms with Crippen molar-refractivity contribution in [3.05, 3.63) is 100 Å². The van der Waals surface area contributed by atoms with Gasteiger partial charge >= 0.3 is 0 Å². The molecule has 0 N–H and O–H groups in total. The van der Waals surface area contributed by atoms with Crippen molar-refractivity contribution in [2.45, 2.75) is 26.7 Å². The first-order valence-electron chi connectivity index (χ1n) is 10.7. The van der Waals surface area contributed by atoms with Gasteiger partial charge in [0, 0.05) is 0 Å². The highest BCUT2D eigenvalue weighted by molar-refractivity contribution is 5.80. The van der Waals surface area contributed by atoms with Crippen molar-refractivity contribution in [1.29, 1.82) is 0 Å².